The van der Waals surface area contributed by atoms with Crippen LogP contribution in [0, 0.1) is 10.1 Å². The van der Waals surface area contributed by atoms with E-state index in [0.717, 1.165) is 0 Å². The van der Waals surface area contributed by atoms with Gasteiger partial charge in [-0.1, -0.05) is 0 Å². The van der Waals surface area contributed by atoms with Crippen molar-refractivity contribution in [2.24, 2.45) is 0 Å². The van der Waals surface area contributed by atoms with E-state index in [4.69, 9.17) is 15.0 Å². The van der Waals surface area contributed by atoms with Gasteiger partial charge in [-0.15, -0.1) is 0 Å². The monoisotopic (exact) mass is 219 g/mol. The molecule has 0 spiro atoms. The molecule has 0 aromatic heterocycles. The molecular formula is C7H6ClNO5. The number of aromatic hydroxyl groups is 1. The number of rotatable bonds is 1. The van der Waals surface area contributed by atoms with Crippen LogP contribution in [0.4, 0.5) is 10.5 Å². The number of hydrogen-bond acceptors (Lipinski definition) is 4. The third kappa shape index (κ3) is 5.78. The van der Waals surface area contributed by atoms with Crippen LogP contribution in [0.5, 0.6) is 5.75 Å². The lowest BCUT2D eigenvalue weighted by molar-refractivity contribution is -0.384. The number of benzene rings is 1. The van der Waals surface area contributed by atoms with Gasteiger partial charge in [0.2, 0.25) is 0 Å². The maximum Gasteiger partial charge on any atom is 0.401 e. The highest BCUT2D eigenvalue weighted by atomic mass is 35.5. The van der Waals surface area contributed by atoms with Crippen LogP contribution in [0.25, 0.3) is 0 Å². The zero-order valence-corrected chi connectivity index (χ0v) is 7.51. The summed E-state index contributed by atoms with van der Waals surface area (Å²) in [5.74, 6) is 0.0330. The minimum atomic E-state index is -1.36. The average Bonchev–Trinajstić information content (AvgIpc) is 2.03. The van der Waals surface area contributed by atoms with Crippen molar-refractivity contribution >= 4 is 22.7 Å². The van der Waals surface area contributed by atoms with Gasteiger partial charge in [-0.05, 0) is 12.1 Å². The molecule has 0 unspecified atom stereocenters. The lowest BCUT2D eigenvalue weighted by atomic mass is 10.3. The standard InChI is InChI=1S/C6H5NO3.CHClO2/c8-6-3-1-5(2-4-6)7(9)10;2-1(3)4/h1-4,8H;(H,3,4). The van der Waals surface area contributed by atoms with E-state index in [9.17, 15) is 10.1 Å². The summed E-state index contributed by atoms with van der Waals surface area (Å²) in [6.45, 7) is 0. The van der Waals surface area contributed by atoms with Crippen LogP contribution in [0.1, 0.15) is 0 Å². The molecule has 0 saturated heterocycles. The van der Waals surface area contributed by atoms with Crippen LogP contribution >= 0.6 is 11.6 Å². The van der Waals surface area contributed by atoms with E-state index < -0.39 is 10.4 Å². The van der Waals surface area contributed by atoms with Crippen molar-refractivity contribution in [1.29, 1.82) is 0 Å². The van der Waals surface area contributed by atoms with Crippen molar-refractivity contribution in [2.75, 3.05) is 0 Å². The van der Waals surface area contributed by atoms with Crippen molar-refractivity contribution in [2.45, 2.75) is 0 Å². The first-order chi connectivity index (χ1) is 6.43. The van der Waals surface area contributed by atoms with Gasteiger partial charge in [-0.2, -0.15) is 0 Å². The highest BCUT2D eigenvalue weighted by molar-refractivity contribution is 6.60. The number of phenols is 1. The Morgan fingerprint density at radius 2 is 1.71 bits per heavy atom. The molecule has 1 aromatic carbocycles. The van der Waals surface area contributed by atoms with Crippen LogP contribution in [-0.4, -0.2) is 20.6 Å². The second kappa shape index (κ2) is 5.76. The van der Waals surface area contributed by atoms with E-state index in [1.165, 1.54) is 24.3 Å². The minimum absolute atomic E-state index is 0.0159. The molecule has 6 nitrogen and oxygen atoms in total. The van der Waals surface area contributed by atoms with Crippen molar-refractivity contribution in [3.05, 3.63) is 34.4 Å². The van der Waals surface area contributed by atoms with Gasteiger partial charge < -0.3 is 10.2 Å². The number of nitrogens with zero attached hydrogens (tertiary/aromatic N) is 1. The average molecular weight is 220 g/mol. The number of carboxylic acid groups (broad SMARTS) is 1. The van der Waals surface area contributed by atoms with Crippen molar-refractivity contribution < 1.29 is 19.9 Å². The molecule has 1 rings (SSSR count). The van der Waals surface area contributed by atoms with Gasteiger partial charge in [0.15, 0.2) is 0 Å². The third-order valence-corrected chi connectivity index (χ3v) is 1.06. The largest absolute Gasteiger partial charge is 0.508 e. The Bertz CT molecular complexity index is 319. The fourth-order valence-corrected chi connectivity index (χ4v) is 0.574. The summed E-state index contributed by atoms with van der Waals surface area (Å²) < 4.78 is 0. The zero-order valence-electron chi connectivity index (χ0n) is 6.75. The van der Waals surface area contributed by atoms with Gasteiger partial charge in [-0.25, -0.2) is 4.79 Å². The Kier molecular flexibility index (Phi) is 5.01. The van der Waals surface area contributed by atoms with E-state index in [0.29, 0.717) is 0 Å². The molecule has 1 aromatic rings. The molecule has 0 bridgehead atoms. The Labute approximate surface area is 83.5 Å². The van der Waals surface area contributed by atoms with Crippen molar-refractivity contribution in [1.82, 2.24) is 0 Å². The molecule has 0 aliphatic carbocycles. The Hall–Kier alpha value is -1.82. The normalized spacial score (nSPS) is 8.36. The van der Waals surface area contributed by atoms with Gasteiger partial charge in [0.1, 0.15) is 5.75 Å². The summed E-state index contributed by atoms with van der Waals surface area (Å²) in [7, 11) is 0. The molecule has 0 heterocycles. The lowest BCUT2D eigenvalue weighted by Crippen LogP contribution is -1.85. The molecule has 0 saturated carbocycles. The summed E-state index contributed by atoms with van der Waals surface area (Å²) in [6, 6.07) is 5.04. The number of nitro benzene ring substituents is 1. The zero-order chi connectivity index (χ0) is 11.1. The van der Waals surface area contributed by atoms with Crippen molar-refractivity contribution in [3.63, 3.8) is 0 Å². The SMILES string of the molecule is O=C(O)Cl.O=[N+]([O-])c1ccc(O)cc1. The van der Waals surface area contributed by atoms with Gasteiger partial charge >= 0.3 is 5.43 Å². The Morgan fingerprint density at radius 1 is 1.36 bits per heavy atom. The molecule has 0 radical (unpaired) electrons. The number of nitro groups is 1. The number of carbonyl (C=O) groups is 1. The number of phenolic OH excluding ortho intramolecular Hbond substituents is 1. The van der Waals surface area contributed by atoms with Gasteiger partial charge in [-0.3, -0.25) is 10.1 Å². The minimum Gasteiger partial charge on any atom is -0.508 e. The summed E-state index contributed by atoms with van der Waals surface area (Å²) >= 11 is 4.19. The maximum atomic E-state index is 10.0. The number of hydrogen-bond donors (Lipinski definition) is 2. The molecule has 7 heteroatoms. The quantitative estimate of drug-likeness (QED) is 0.428. The molecule has 14 heavy (non-hydrogen) atoms. The highest BCUT2D eigenvalue weighted by Crippen LogP contribution is 2.14. The van der Waals surface area contributed by atoms with E-state index in [-0.39, 0.29) is 11.4 Å². The molecule has 0 aliphatic rings. The molecular weight excluding hydrogens is 214 g/mol. The molecule has 76 valence electrons. The van der Waals surface area contributed by atoms with Crippen LogP contribution in [0.15, 0.2) is 24.3 Å². The van der Waals surface area contributed by atoms with Crippen LogP contribution in [-0.2, 0) is 0 Å². The Balaban J connectivity index is 0.000000364. The number of non-ortho nitro benzene ring substituents is 1. The van der Waals surface area contributed by atoms with Crippen LogP contribution in [0.3, 0.4) is 0 Å². The first-order valence-corrected chi connectivity index (χ1v) is 3.63. The van der Waals surface area contributed by atoms with E-state index in [1.54, 1.807) is 0 Å². The van der Waals surface area contributed by atoms with E-state index >= 15 is 0 Å². The smallest absolute Gasteiger partial charge is 0.401 e. The summed E-state index contributed by atoms with van der Waals surface area (Å²) in [4.78, 5) is 18.3. The third-order valence-electron chi connectivity index (χ3n) is 1.06. The summed E-state index contributed by atoms with van der Waals surface area (Å²) in [5, 5.41) is 25.9. The maximum absolute atomic E-state index is 10.0. The topological polar surface area (TPSA) is 101 Å². The second-order valence-corrected chi connectivity index (χ2v) is 2.35. The fraction of sp³-hybridized carbons (Fsp3) is 0. The number of halogens is 1. The molecule has 0 atom stereocenters. The predicted octanol–water partition coefficient (Wildman–Crippen LogP) is 2.20. The molecule has 0 amide bonds. The molecule has 0 fully saturated rings. The van der Waals surface area contributed by atoms with Crippen molar-refractivity contribution in [3.8, 4) is 5.75 Å². The molecule has 2 N–H and O–H groups in total. The van der Waals surface area contributed by atoms with Gasteiger partial charge in [0.05, 0.1) is 4.92 Å². The fourth-order valence-electron chi connectivity index (χ4n) is 0.574. The first-order valence-electron chi connectivity index (χ1n) is 3.25. The summed E-state index contributed by atoms with van der Waals surface area (Å²) in [6.07, 6.45) is 0. The first kappa shape index (κ1) is 12.2. The van der Waals surface area contributed by atoms with E-state index in [2.05, 4.69) is 11.6 Å². The Morgan fingerprint density at radius 3 is 2.00 bits per heavy atom. The van der Waals surface area contributed by atoms with E-state index in [1.807, 2.05) is 0 Å². The van der Waals surface area contributed by atoms with Gasteiger partial charge in [0, 0.05) is 23.7 Å². The molecule has 0 aliphatic heterocycles. The second-order valence-electron chi connectivity index (χ2n) is 2.03. The lowest BCUT2D eigenvalue weighted by Gasteiger charge is -1.89. The van der Waals surface area contributed by atoms with Crippen LogP contribution < -0.4 is 0 Å². The predicted molar refractivity (Wildman–Crippen MR) is 48.6 cm³/mol. The van der Waals surface area contributed by atoms with Gasteiger partial charge in [0.25, 0.3) is 5.69 Å². The highest BCUT2D eigenvalue weighted by Gasteiger charge is 2.01. The summed E-state index contributed by atoms with van der Waals surface area (Å²) in [5.41, 5.74) is -1.38. The van der Waals surface area contributed by atoms with Crippen LogP contribution in [0.2, 0.25) is 0 Å².